The topological polar surface area (TPSA) is 83.6 Å². The molecule has 2 heterocycles. The molecule has 0 unspecified atom stereocenters. The maximum absolute atomic E-state index is 11.1. The summed E-state index contributed by atoms with van der Waals surface area (Å²) in [5.74, 6) is 0.508. The minimum Gasteiger partial charge on any atom is -0.357 e. The van der Waals surface area contributed by atoms with Crippen LogP contribution in [-0.2, 0) is 0 Å². The van der Waals surface area contributed by atoms with E-state index >= 15 is 0 Å². The van der Waals surface area contributed by atoms with Gasteiger partial charge in [-0.05, 0) is 27.7 Å². The number of nitrogens with zero attached hydrogens (tertiary/aromatic N) is 3. The molecule has 0 aliphatic heterocycles. The van der Waals surface area contributed by atoms with Crippen LogP contribution in [0.1, 0.15) is 0 Å². The Bertz CT molecular complexity index is 588. The molecule has 2 N–H and O–H groups in total. The van der Waals surface area contributed by atoms with Gasteiger partial charge in [0.05, 0.1) is 4.47 Å². The third-order valence-corrected chi connectivity index (χ3v) is 3.52. The van der Waals surface area contributed by atoms with Gasteiger partial charge in [0.15, 0.2) is 5.16 Å². The normalized spacial score (nSPS) is 10.2. The van der Waals surface area contributed by atoms with Crippen LogP contribution in [0.4, 0.5) is 5.95 Å². The Hall–Kier alpha value is -1.41. The van der Waals surface area contributed by atoms with E-state index in [4.69, 9.17) is 0 Å². The molecule has 2 rings (SSSR count). The average molecular weight is 314 g/mol. The van der Waals surface area contributed by atoms with Crippen molar-refractivity contribution >= 4 is 33.6 Å². The molecule has 0 atom stereocenters. The molecule has 8 heteroatoms. The van der Waals surface area contributed by atoms with Crippen LogP contribution in [0.2, 0.25) is 0 Å². The van der Waals surface area contributed by atoms with E-state index in [1.807, 2.05) is 0 Å². The van der Waals surface area contributed by atoms with Crippen molar-refractivity contribution in [3.8, 4) is 0 Å². The number of anilines is 1. The lowest BCUT2D eigenvalue weighted by Crippen LogP contribution is -2.05. The number of hydrogen-bond acceptors (Lipinski definition) is 6. The highest BCUT2D eigenvalue weighted by Crippen LogP contribution is 2.29. The van der Waals surface area contributed by atoms with E-state index in [0.717, 1.165) is 4.47 Å². The SMILES string of the molecule is CNc1ncc(Br)c(Sc2nccc(=O)[nH]2)n1. The quantitative estimate of drug-likeness (QED) is 0.660. The summed E-state index contributed by atoms with van der Waals surface area (Å²) in [6, 6.07) is 1.36. The van der Waals surface area contributed by atoms with Crippen molar-refractivity contribution in [3.63, 3.8) is 0 Å². The smallest absolute Gasteiger partial charge is 0.251 e. The lowest BCUT2D eigenvalue weighted by Gasteiger charge is -2.04. The van der Waals surface area contributed by atoms with Crippen molar-refractivity contribution in [3.05, 3.63) is 33.3 Å². The zero-order valence-electron chi connectivity index (χ0n) is 8.77. The molecule has 0 aliphatic carbocycles. The predicted molar refractivity (Wildman–Crippen MR) is 68.3 cm³/mol. The molecule has 0 radical (unpaired) electrons. The molecule has 0 bridgehead atoms. The summed E-state index contributed by atoms with van der Waals surface area (Å²) in [5.41, 5.74) is -0.193. The zero-order valence-corrected chi connectivity index (χ0v) is 11.2. The molecule has 6 nitrogen and oxygen atoms in total. The average Bonchev–Trinajstić information content (AvgIpc) is 2.32. The summed E-state index contributed by atoms with van der Waals surface area (Å²) < 4.78 is 0.744. The lowest BCUT2D eigenvalue weighted by molar-refractivity contribution is 0.927. The van der Waals surface area contributed by atoms with Gasteiger partial charge in [-0.1, -0.05) is 0 Å². The van der Waals surface area contributed by atoms with Crippen LogP contribution in [-0.4, -0.2) is 27.0 Å². The lowest BCUT2D eigenvalue weighted by atomic mass is 10.7. The molecule has 0 aromatic carbocycles. The standard InChI is InChI=1S/C9H8BrN5OS/c1-11-8-13-4-5(10)7(15-8)17-9-12-3-2-6(16)14-9/h2-4H,1H3,(H,11,13,15)(H,12,14,16). The number of hydrogen-bond donors (Lipinski definition) is 2. The van der Waals surface area contributed by atoms with Gasteiger partial charge in [-0.2, -0.15) is 0 Å². The van der Waals surface area contributed by atoms with E-state index in [-0.39, 0.29) is 5.56 Å². The molecule has 2 aromatic heterocycles. The van der Waals surface area contributed by atoms with Gasteiger partial charge in [0.2, 0.25) is 5.95 Å². The van der Waals surface area contributed by atoms with Crippen LogP contribution in [0.5, 0.6) is 0 Å². The predicted octanol–water partition coefficient (Wildman–Crippen LogP) is 1.52. The highest BCUT2D eigenvalue weighted by atomic mass is 79.9. The molecule has 0 amide bonds. The van der Waals surface area contributed by atoms with Gasteiger partial charge in [0.25, 0.3) is 5.56 Å². The van der Waals surface area contributed by atoms with E-state index in [1.54, 1.807) is 13.2 Å². The van der Waals surface area contributed by atoms with E-state index in [9.17, 15) is 4.79 Å². The fourth-order valence-corrected chi connectivity index (χ4v) is 2.20. The van der Waals surface area contributed by atoms with Gasteiger partial charge in [0.1, 0.15) is 5.03 Å². The second kappa shape index (κ2) is 5.28. The Morgan fingerprint density at radius 2 is 2.29 bits per heavy atom. The third kappa shape index (κ3) is 3.04. The van der Waals surface area contributed by atoms with E-state index in [2.05, 4.69) is 41.2 Å². The Balaban J connectivity index is 2.32. The van der Waals surface area contributed by atoms with Gasteiger partial charge in [-0.25, -0.2) is 15.0 Å². The molecule has 0 spiro atoms. The van der Waals surface area contributed by atoms with Gasteiger partial charge in [-0.15, -0.1) is 0 Å². The van der Waals surface area contributed by atoms with E-state index in [1.165, 1.54) is 24.0 Å². The van der Waals surface area contributed by atoms with Crippen molar-refractivity contribution in [1.82, 2.24) is 19.9 Å². The minimum atomic E-state index is -0.193. The highest BCUT2D eigenvalue weighted by Gasteiger charge is 2.07. The number of halogens is 1. The first-order chi connectivity index (χ1) is 8.19. The maximum Gasteiger partial charge on any atom is 0.251 e. The van der Waals surface area contributed by atoms with Crippen LogP contribution >= 0.6 is 27.7 Å². The fourth-order valence-electron chi connectivity index (χ4n) is 1.04. The van der Waals surface area contributed by atoms with Crippen LogP contribution in [0.15, 0.2) is 37.9 Å². The third-order valence-electron chi connectivity index (χ3n) is 1.78. The Morgan fingerprint density at radius 3 is 3.00 bits per heavy atom. The molecule has 17 heavy (non-hydrogen) atoms. The molecule has 0 fully saturated rings. The van der Waals surface area contributed by atoms with Crippen molar-refractivity contribution in [1.29, 1.82) is 0 Å². The molecular formula is C9H8BrN5OS. The summed E-state index contributed by atoms with van der Waals surface area (Å²) in [6.45, 7) is 0. The summed E-state index contributed by atoms with van der Waals surface area (Å²) >= 11 is 4.60. The van der Waals surface area contributed by atoms with Crippen LogP contribution in [0, 0.1) is 0 Å². The second-order valence-electron chi connectivity index (χ2n) is 2.94. The van der Waals surface area contributed by atoms with Crippen LogP contribution in [0.25, 0.3) is 0 Å². The largest absolute Gasteiger partial charge is 0.357 e. The second-order valence-corrected chi connectivity index (χ2v) is 4.77. The number of aromatic amines is 1. The maximum atomic E-state index is 11.1. The summed E-state index contributed by atoms with van der Waals surface area (Å²) in [7, 11) is 1.74. The Kier molecular flexibility index (Phi) is 3.75. The fraction of sp³-hybridized carbons (Fsp3) is 0.111. The monoisotopic (exact) mass is 313 g/mol. The summed E-state index contributed by atoms with van der Waals surface area (Å²) in [5, 5.41) is 4.01. The Morgan fingerprint density at radius 1 is 1.47 bits per heavy atom. The van der Waals surface area contributed by atoms with Gasteiger partial charge < -0.3 is 10.3 Å². The van der Waals surface area contributed by atoms with Crippen molar-refractivity contribution in [2.24, 2.45) is 0 Å². The molecule has 88 valence electrons. The number of nitrogens with one attached hydrogen (secondary N) is 2. The van der Waals surface area contributed by atoms with Gasteiger partial charge in [0, 0.05) is 25.5 Å². The molecule has 0 saturated carbocycles. The van der Waals surface area contributed by atoms with E-state index < -0.39 is 0 Å². The van der Waals surface area contributed by atoms with E-state index in [0.29, 0.717) is 16.1 Å². The van der Waals surface area contributed by atoms with Crippen LogP contribution in [0.3, 0.4) is 0 Å². The first-order valence-corrected chi connectivity index (χ1v) is 6.23. The number of rotatable bonds is 3. The van der Waals surface area contributed by atoms with Gasteiger partial charge >= 0.3 is 0 Å². The molecule has 0 aliphatic rings. The van der Waals surface area contributed by atoms with Gasteiger partial charge in [-0.3, -0.25) is 4.79 Å². The Labute approximate surface area is 109 Å². The first-order valence-electron chi connectivity index (χ1n) is 4.62. The van der Waals surface area contributed by atoms with Crippen molar-refractivity contribution in [2.75, 3.05) is 12.4 Å². The zero-order chi connectivity index (χ0) is 12.3. The number of H-pyrrole nitrogens is 1. The molecule has 2 aromatic rings. The minimum absolute atomic E-state index is 0.193. The summed E-state index contributed by atoms with van der Waals surface area (Å²) in [6.07, 6.45) is 3.09. The molecule has 0 saturated heterocycles. The molecular weight excluding hydrogens is 306 g/mol. The first kappa shape index (κ1) is 12.1. The number of aromatic nitrogens is 4. The van der Waals surface area contributed by atoms with Crippen molar-refractivity contribution in [2.45, 2.75) is 10.2 Å². The summed E-state index contributed by atoms with van der Waals surface area (Å²) in [4.78, 5) is 26.1. The van der Waals surface area contributed by atoms with Crippen molar-refractivity contribution < 1.29 is 0 Å². The van der Waals surface area contributed by atoms with Crippen LogP contribution < -0.4 is 10.9 Å². The highest BCUT2D eigenvalue weighted by molar-refractivity contribution is 9.10.